The van der Waals surface area contributed by atoms with Gasteiger partial charge in [0.15, 0.2) is 0 Å². The summed E-state index contributed by atoms with van der Waals surface area (Å²) < 4.78 is 13.7. The van der Waals surface area contributed by atoms with Crippen LogP contribution < -0.4 is 10.2 Å². The Labute approximate surface area is 161 Å². The third-order valence-corrected chi connectivity index (χ3v) is 5.25. The normalized spacial score (nSPS) is 15.0. The average molecular weight is 369 g/mol. The SMILES string of the molecule is CCN1CCN(c2ccc(NC(=O)CCc3ccccc3F)c(C)c2)CC1. The van der Waals surface area contributed by atoms with E-state index >= 15 is 0 Å². The number of hydrogen-bond donors (Lipinski definition) is 1. The van der Waals surface area contributed by atoms with Crippen LogP contribution in [-0.4, -0.2) is 43.5 Å². The van der Waals surface area contributed by atoms with Crippen molar-refractivity contribution in [3.8, 4) is 0 Å². The molecule has 1 amide bonds. The zero-order valence-corrected chi connectivity index (χ0v) is 16.2. The van der Waals surface area contributed by atoms with Crippen molar-refractivity contribution in [3.05, 3.63) is 59.4 Å². The number of halogens is 1. The summed E-state index contributed by atoms with van der Waals surface area (Å²) in [6.07, 6.45) is 0.665. The van der Waals surface area contributed by atoms with E-state index in [4.69, 9.17) is 0 Å². The fraction of sp³-hybridized carbons (Fsp3) is 0.409. The topological polar surface area (TPSA) is 35.6 Å². The molecule has 0 radical (unpaired) electrons. The van der Waals surface area contributed by atoms with E-state index < -0.39 is 0 Å². The van der Waals surface area contributed by atoms with Gasteiger partial charge in [0, 0.05) is 44.0 Å². The minimum atomic E-state index is -0.256. The van der Waals surface area contributed by atoms with Gasteiger partial charge in [0.25, 0.3) is 0 Å². The number of benzene rings is 2. The molecule has 1 heterocycles. The van der Waals surface area contributed by atoms with Gasteiger partial charge in [-0.2, -0.15) is 0 Å². The number of carbonyl (C=O) groups excluding carboxylic acids is 1. The van der Waals surface area contributed by atoms with E-state index in [0.29, 0.717) is 12.0 Å². The van der Waals surface area contributed by atoms with Gasteiger partial charge in [0.1, 0.15) is 5.82 Å². The molecule has 0 unspecified atom stereocenters. The zero-order valence-electron chi connectivity index (χ0n) is 16.2. The van der Waals surface area contributed by atoms with E-state index in [2.05, 4.69) is 34.2 Å². The van der Waals surface area contributed by atoms with Crippen LogP contribution in [0.3, 0.4) is 0 Å². The number of aryl methyl sites for hydroxylation is 2. The predicted molar refractivity (Wildman–Crippen MR) is 109 cm³/mol. The van der Waals surface area contributed by atoms with Crippen molar-refractivity contribution in [2.45, 2.75) is 26.7 Å². The number of rotatable bonds is 6. The van der Waals surface area contributed by atoms with Crippen molar-refractivity contribution in [1.82, 2.24) is 4.90 Å². The molecule has 2 aromatic carbocycles. The van der Waals surface area contributed by atoms with Crippen LogP contribution >= 0.6 is 0 Å². The number of nitrogens with one attached hydrogen (secondary N) is 1. The minimum Gasteiger partial charge on any atom is -0.369 e. The van der Waals surface area contributed by atoms with Crippen LogP contribution in [0.25, 0.3) is 0 Å². The zero-order chi connectivity index (χ0) is 19.2. The summed E-state index contributed by atoms with van der Waals surface area (Å²) in [5.74, 6) is -0.348. The van der Waals surface area contributed by atoms with Crippen molar-refractivity contribution in [2.24, 2.45) is 0 Å². The molecule has 2 aromatic rings. The van der Waals surface area contributed by atoms with Crippen molar-refractivity contribution < 1.29 is 9.18 Å². The lowest BCUT2D eigenvalue weighted by Crippen LogP contribution is -2.46. The van der Waals surface area contributed by atoms with E-state index in [0.717, 1.165) is 44.0 Å². The number of nitrogens with zero attached hydrogens (tertiary/aromatic N) is 2. The van der Waals surface area contributed by atoms with Gasteiger partial charge >= 0.3 is 0 Å². The molecule has 5 heteroatoms. The second-order valence-corrected chi connectivity index (χ2v) is 7.06. The van der Waals surface area contributed by atoms with Gasteiger partial charge in [0.2, 0.25) is 5.91 Å². The molecule has 0 saturated carbocycles. The Balaban J connectivity index is 1.56. The van der Waals surface area contributed by atoms with Gasteiger partial charge in [-0.15, -0.1) is 0 Å². The lowest BCUT2D eigenvalue weighted by Gasteiger charge is -2.35. The minimum absolute atomic E-state index is 0.0920. The Hall–Kier alpha value is -2.40. The maximum Gasteiger partial charge on any atom is 0.224 e. The smallest absolute Gasteiger partial charge is 0.224 e. The number of amides is 1. The van der Waals surface area contributed by atoms with Gasteiger partial charge in [0.05, 0.1) is 0 Å². The molecule has 0 atom stereocenters. The van der Waals surface area contributed by atoms with Crippen LogP contribution in [0.2, 0.25) is 0 Å². The molecule has 1 saturated heterocycles. The van der Waals surface area contributed by atoms with E-state index in [9.17, 15) is 9.18 Å². The first-order chi connectivity index (χ1) is 13.1. The van der Waals surface area contributed by atoms with Crippen molar-refractivity contribution in [1.29, 1.82) is 0 Å². The van der Waals surface area contributed by atoms with E-state index in [1.54, 1.807) is 18.2 Å². The molecule has 1 N–H and O–H groups in total. The standard InChI is InChI=1S/C22H28FN3O/c1-3-25-12-14-26(15-13-25)19-9-10-21(17(2)16-19)24-22(27)11-8-18-6-4-5-7-20(18)23/h4-7,9-10,16H,3,8,11-15H2,1-2H3,(H,24,27). The first-order valence-electron chi connectivity index (χ1n) is 9.68. The fourth-order valence-corrected chi connectivity index (χ4v) is 3.47. The summed E-state index contributed by atoms with van der Waals surface area (Å²) in [5.41, 5.74) is 3.65. The van der Waals surface area contributed by atoms with Crippen molar-refractivity contribution in [3.63, 3.8) is 0 Å². The molecule has 0 aromatic heterocycles. The second kappa shape index (κ2) is 9.00. The highest BCUT2D eigenvalue weighted by Crippen LogP contribution is 2.24. The highest BCUT2D eigenvalue weighted by Gasteiger charge is 2.16. The molecule has 1 aliphatic heterocycles. The van der Waals surface area contributed by atoms with Gasteiger partial charge in [-0.3, -0.25) is 4.79 Å². The summed E-state index contributed by atoms with van der Waals surface area (Å²) >= 11 is 0. The number of piperazine rings is 1. The van der Waals surface area contributed by atoms with Crippen LogP contribution in [-0.2, 0) is 11.2 Å². The Morgan fingerprint density at radius 2 is 1.85 bits per heavy atom. The summed E-state index contributed by atoms with van der Waals surface area (Å²) in [7, 11) is 0. The first kappa shape index (κ1) is 19.4. The summed E-state index contributed by atoms with van der Waals surface area (Å²) in [4.78, 5) is 17.1. The van der Waals surface area contributed by atoms with Crippen LogP contribution in [0.5, 0.6) is 0 Å². The maximum absolute atomic E-state index is 13.7. The van der Waals surface area contributed by atoms with Gasteiger partial charge in [-0.05, 0) is 55.3 Å². The lowest BCUT2D eigenvalue weighted by atomic mass is 10.1. The van der Waals surface area contributed by atoms with Gasteiger partial charge in [-0.25, -0.2) is 4.39 Å². The Kier molecular flexibility index (Phi) is 6.45. The largest absolute Gasteiger partial charge is 0.369 e. The van der Waals surface area contributed by atoms with Crippen LogP contribution in [0.1, 0.15) is 24.5 Å². The Morgan fingerprint density at radius 1 is 1.11 bits per heavy atom. The fourth-order valence-electron chi connectivity index (χ4n) is 3.47. The van der Waals surface area contributed by atoms with Crippen LogP contribution in [0, 0.1) is 12.7 Å². The van der Waals surface area contributed by atoms with Gasteiger partial charge in [-0.1, -0.05) is 25.1 Å². The number of hydrogen-bond acceptors (Lipinski definition) is 3. The average Bonchev–Trinajstić information content (AvgIpc) is 2.69. The Bertz CT molecular complexity index is 785. The molecule has 4 nitrogen and oxygen atoms in total. The molecular formula is C22H28FN3O. The van der Waals surface area contributed by atoms with E-state index in [1.807, 2.05) is 13.0 Å². The molecular weight excluding hydrogens is 341 g/mol. The molecule has 1 aliphatic rings. The summed E-state index contributed by atoms with van der Waals surface area (Å²) in [6.45, 7) is 9.55. The summed E-state index contributed by atoms with van der Waals surface area (Å²) in [5, 5.41) is 2.96. The van der Waals surface area contributed by atoms with Crippen molar-refractivity contribution >= 4 is 17.3 Å². The molecule has 0 aliphatic carbocycles. The predicted octanol–water partition coefficient (Wildman–Crippen LogP) is 3.85. The number of likely N-dealkylation sites (N-methyl/N-ethyl adjacent to an activating group) is 1. The molecule has 0 bridgehead atoms. The van der Waals surface area contributed by atoms with Gasteiger partial charge < -0.3 is 15.1 Å². The number of anilines is 2. The maximum atomic E-state index is 13.7. The lowest BCUT2D eigenvalue weighted by molar-refractivity contribution is -0.116. The Morgan fingerprint density at radius 3 is 2.52 bits per heavy atom. The third kappa shape index (κ3) is 5.07. The summed E-state index contributed by atoms with van der Waals surface area (Å²) in [6, 6.07) is 12.8. The second-order valence-electron chi connectivity index (χ2n) is 7.06. The van der Waals surface area contributed by atoms with E-state index in [-0.39, 0.29) is 18.1 Å². The quantitative estimate of drug-likeness (QED) is 0.840. The molecule has 0 spiro atoms. The van der Waals surface area contributed by atoms with E-state index in [1.165, 1.54) is 11.8 Å². The molecule has 1 fully saturated rings. The molecule has 27 heavy (non-hydrogen) atoms. The highest BCUT2D eigenvalue weighted by atomic mass is 19.1. The third-order valence-electron chi connectivity index (χ3n) is 5.25. The highest BCUT2D eigenvalue weighted by molar-refractivity contribution is 5.91. The molecule has 3 rings (SSSR count). The number of carbonyl (C=O) groups is 1. The monoisotopic (exact) mass is 369 g/mol. The molecule has 144 valence electrons. The van der Waals surface area contributed by atoms with Crippen molar-refractivity contribution in [2.75, 3.05) is 42.9 Å². The van der Waals surface area contributed by atoms with Crippen LogP contribution in [0.15, 0.2) is 42.5 Å². The van der Waals surface area contributed by atoms with Crippen LogP contribution in [0.4, 0.5) is 15.8 Å². The first-order valence-corrected chi connectivity index (χ1v) is 9.68.